The predicted molar refractivity (Wildman–Crippen MR) is 92.5 cm³/mol. The van der Waals surface area contributed by atoms with Gasteiger partial charge in [0.2, 0.25) is 0 Å². The summed E-state index contributed by atoms with van der Waals surface area (Å²) in [6.45, 7) is 1.48. The molecule has 1 amide bonds. The highest BCUT2D eigenvalue weighted by atomic mass is 79.9. The number of hydrogen-bond acceptors (Lipinski definition) is 5. The Morgan fingerprint density at radius 2 is 2.18 bits per heavy atom. The van der Waals surface area contributed by atoms with Gasteiger partial charge in [-0.3, -0.25) is 4.79 Å². The lowest BCUT2D eigenvalue weighted by molar-refractivity contribution is -0.123. The Bertz CT molecular complexity index is 704. The number of anilines is 1. The Hall–Kier alpha value is -0.960. The molecule has 0 aliphatic carbocycles. The fraction of sp³-hybridized carbons (Fsp3) is 0.154. The molecule has 0 bridgehead atoms. The first-order chi connectivity index (χ1) is 10.4. The summed E-state index contributed by atoms with van der Waals surface area (Å²) in [6.07, 6.45) is 0.539. The Kier molecular flexibility index (Phi) is 5.96. The number of nitrogens with zero attached hydrogens (tertiary/aromatic N) is 1. The second kappa shape index (κ2) is 7.54. The van der Waals surface area contributed by atoms with E-state index in [1.165, 1.54) is 24.5 Å². The predicted octanol–water partition coefficient (Wildman–Crippen LogP) is 4.51. The topological polar surface area (TPSA) is 68.3 Å². The van der Waals surface area contributed by atoms with Gasteiger partial charge in [-0.25, -0.2) is 9.78 Å². The van der Waals surface area contributed by atoms with E-state index in [9.17, 15) is 9.59 Å². The highest BCUT2D eigenvalue weighted by molar-refractivity contribution is 9.13. The number of aromatic nitrogens is 1. The molecule has 2 aromatic heterocycles. The summed E-state index contributed by atoms with van der Waals surface area (Å²) in [7, 11) is 0. The van der Waals surface area contributed by atoms with Gasteiger partial charge in [0.05, 0.1) is 9.47 Å². The van der Waals surface area contributed by atoms with E-state index < -0.39 is 18.0 Å². The number of amides is 1. The SMILES string of the molecule is CC(OC(=O)c1cc(Br)c(Br)s1)C(=O)Nc1cccnc1Cl. The van der Waals surface area contributed by atoms with Crippen LogP contribution in [0.2, 0.25) is 5.15 Å². The Labute approximate surface area is 152 Å². The van der Waals surface area contributed by atoms with Crippen LogP contribution in [0.5, 0.6) is 0 Å². The number of thiophene rings is 1. The third kappa shape index (κ3) is 4.28. The average molecular weight is 469 g/mol. The van der Waals surface area contributed by atoms with Crippen LogP contribution in [0.4, 0.5) is 5.69 Å². The third-order valence-electron chi connectivity index (χ3n) is 2.52. The molecule has 2 heterocycles. The molecule has 1 atom stereocenters. The Morgan fingerprint density at radius 3 is 2.77 bits per heavy atom. The molecule has 2 aromatic rings. The smallest absolute Gasteiger partial charge is 0.349 e. The van der Waals surface area contributed by atoms with E-state index in [1.807, 2.05) is 0 Å². The first-order valence-electron chi connectivity index (χ1n) is 5.95. The van der Waals surface area contributed by atoms with Crippen LogP contribution >= 0.6 is 54.8 Å². The van der Waals surface area contributed by atoms with E-state index in [-0.39, 0.29) is 5.15 Å². The maximum absolute atomic E-state index is 12.0. The lowest BCUT2D eigenvalue weighted by Gasteiger charge is -2.13. The molecule has 0 fully saturated rings. The zero-order valence-corrected chi connectivity index (χ0v) is 15.8. The van der Waals surface area contributed by atoms with Crippen molar-refractivity contribution in [1.29, 1.82) is 0 Å². The summed E-state index contributed by atoms with van der Waals surface area (Å²) in [6, 6.07) is 4.87. The normalized spacial score (nSPS) is 11.8. The third-order valence-corrected chi connectivity index (χ3v) is 6.05. The van der Waals surface area contributed by atoms with Crippen LogP contribution in [0.25, 0.3) is 0 Å². The van der Waals surface area contributed by atoms with Gasteiger partial charge in [0.15, 0.2) is 11.3 Å². The Balaban J connectivity index is 1.99. The lowest BCUT2D eigenvalue weighted by atomic mass is 10.3. The van der Waals surface area contributed by atoms with Crippen molar-refractivity contribution in [3.05, 3.63) is 42.7 Å². The van der Waals surface area contributed by atoms with Crippen molar-refractivity contribution in [3.8, 4) is 0 Å². The van der Waals surface area contributed by atoms with Crippen molar-refractivity contribution >= 4 is 72.4 Å². The summed E-state index contributed by atoms with van der Waals surface area (Å²) in [5.74, 6) is -1.06. The molecule has 0 saturated carbocycles. The lowest BCUT2D eigenvalue weighted by Crippen LogP contribution is -2.29. The molecule has 116 valence electrons. The number of carbonyl (C=O) groups is 2. The van der Waals surface area contributed by atoms with Gasteiger partial charge in [-0.2, -0.15) is 0 Å². The van der Waals surface area contributed by atoms with Crippen molar-refractivity contribution in [1.82, 2.24) is 4.98 Å². The monoisotopic (exact) mass is 466 g/mol. The van der Waals surface area contributed by atoms with Crippen LogP contribution in [0, 0.1) is 0 Å². The number of hydrogen-bond donors (Lipinski definition) is 1. The molecule has 5 nitrogen and oxygen atoms in total. The molecule has 9 heteroatoms. The largest absolute Gasteiger partial charge is 0.448 e. The van der Waals surface area contributed by atoms with Gasteiger partial charge in [0, 0.05) is 10.7 Å². The number of rotatable bonds is 4. The van der Waals surface area contributed by atoms with Crippen LogP contribution < -0.4 is 5.32 Å². The number of esters is 1. The van der Waals surface area contributed by atoms with Crippen LogP contribution in [-0.4, -0.2) is 23.0 Å². The highest BCUT2D eigenvalue weighted by Crippen LogP contribution is 2.32. The standard InChI is InChI=1S/C13H9Br2ClN2O3S/c1-6(12(19)18-8-3-2-4-17-11(8)16)21-13(20)9-5-7(14)10(15)22-9/h2-6H,1H3,(H,18,19). The number of nitrogens with one attached hydrogen (secondary N) is 1. The van der Waals surface area contributed by atoms with E-state index in [0.717, 1.165) is 8.26 Å². The maximum Gasteiger partial charge on any atom is 0.349 e. The van der Waals surface area contributed by atoms with Gasteiger partial charge in [-0.1, -0.05) is 11.6 Å². The molecule has 0 aromatic carbocycles. The molecule has 0 spiro atoms. The summed E-state index contributed by atoms with van der Waals surface area (Å²) < 4.78 is 6.66. The van der Waals surface area contributed by atoms with Crippen molar-refractivity contribution < 1.29 is 14.3 Å². The van der Waals surface area contributed by atoms with Crippen molar-refractivity contribution in [2.45, 2.75) is 13.0 Å². The van der Waals surface area contributed by atoms with E-state index >= 15 is 0 Å². The quantitative estimate of drug-likeness (QED) is 0.530. The average Bonchev–Trinajstić information content (AvgIpc) is 2.81. The van der Waals surface area contributed by atoms with Crippen molar-refractivity contribution in [3.63, 3.8) is 0 Å². The van der Waals surface area contributed by atoms with Gasteiger partial charge < -0.3 is 10.1 Å². The van der Waals surface area contributed by atoms with Crippen molar-refractivity contribution in [2.75, 3.05) is 5.32 Å². The van der Waals surface area contributed by atoms with Gasteiger partial charge >= 0.3 is 5.97 Å². The highest BCUT2D eigenvalue weighted by Gasteiger charge is 2.21. The summed E-state index contributed by atoms with van der Waals surface area (Å²) in [4.78, 5) is 28.2. The fourth-order valence-corrected chi connectivity index (χ4v) is 3.52. The minimum Gasteiger partial charge on any atom is -0.448 e. The van der Waals surface area contributed by atoms with E-state index in [1.54, 1.807) is 18.2 Å². The molecular formula is C13H9Br2ClN2O3S. The van der Waals surface area contributed by atoms with Gasteiger partial charge in [0.25, 0.3) is 5.91 Å². The number of carbonyl (C=O) groups excluding carboxylic acids is 2. The zero-order chi connectivity index (χ0) is 16.3. The second-order valence-corrected chi connectivity index (χ2v) is 7.69. The first kappa shape index (κ1) is 17.4. The molecular weight excluding hydrogens is 459 g/mol. The van der Waals surface area contributed by atoms with Gasteiger partial charge in [0.1, 0.15) is 4.88 Å². The minimum absolute atomic E-state index is 0.167. The summed E-state index contributed by atoms with van der Waals surface area (Å²) >= 11 is 13.6. The van der Waals surface area contributed by atoms with E-state index in [0.29, 0.717) is 10.6 Å². The van der Waals surface area contributed by atoms with Crippen LogP contribution in [0.3, 0.4) is 0 Å². The molecule has 0 aliphatic rings. The van der Waals surface area contributed by atoms with Crippen LogP contribution in [0.15, 0.2) is 32.7 Å². The zero-order valence-electron chi connectivity index (χ0n) is 11.1. The van der Waals surface area contributed by atoms with Crippen LogP contribution in [0.1, 0.15) is 16.6 Å². The van der Waals surface area contributed by atoms with Crippen molar-refractivity contribution in [2.24, 2.45) is 0 Å². The molecule has 0 saturated heterocycles. The number of pyridine rings is 1. The molecule has 0 radical (unpaired) electrons. The maximum atomic E-state index is 12.0. The van der Waals surface area contributed by atoms with Gasteiger partial charge in [-0.15, -0.1) is 11.3 Å². The molecule has 1 unspecified atom stereocenters. The minimum atomic E-state index is -0.969. The summed E-state index contributed by atoms with van der Waals surface area (Å²) in [5.41, 5.74) is 0.360. The first-order valence-corrected chi connectivity index (χ1v) is 8.73. The number of ether oxygens (including phenoxy) is 1. The Morgan fingerprint density at radius 1 is 1.45 bits per heavy atom. The van der Waals surface area contributed by atoms with E-state index in [2.05, 4.69) is 42.2 Å². The number of halogens is 3. The second-order valence-electron chi connectivity index (χ2n) is 4.11. The molecule has 1 N–H and O–H groups in total. The van der Waals surface area contributed by atoms with E-state index in [4.69, 9.17) is 16.3 Å². The molecule has 22 heavy (non-hydrogen) atoms. The van der Waals surface area contributed by atoms with Crippen LogP contribution in [-0.2, 0) is 9.53 Å². The fourth-order valence-electron chi connectivity index (χ4n) is 1.43. The van der Waals surface area contributed by atoms with Gasteiger partial charge in [-0.05, 0) is 57.0 Å². The summed E-state index contributed by atoms with van der Waals surface area (Å²) in [5, 5.41) is 2.72. The molecule has 0 aliphatic heterocycles. The molecule has 2 rings (SSSR count).